The Kier molecular flexibility index (Phi) is 4.33. The number of nitrogens with zero attached hydrogens (tertiary/aromatic N) is 1. The third-order valence-corrected chi connectivity index (χ3v) is 2.97. The van der Waals surface area contributed by atoms with Gasteiger partial charge in [-0.25, -0.2) is 0 Å². The average molecular weight is 262 g/mol. The topological polar surface area (TPSA) is 83.1 Å². The van der Waals surface area contributed by atoms with Gasteiger partial charge in [-0.3, -0.25) is 14.6 Å². The molecule has 6 heteroatoms. The smallest absolute Gasteiger partial charge is 0.269 e. The maximum absolute atomic E-state index is 11.6. The Bertz CT molecular complexity index is 475. The van der Waals surface area contributed by atoms with E-state index in [1.165, 1.54) is 0 Å². The lowest BCUT2D eigenvalue weighted by Crippen LogP contribution is -2.31. The van der Waals surface area contributed by atoms with E-state index in [9.17, 15) is 9.59 Å². The van der Waals surface area contributed by atoms with Crippen molar-refractivity contribution in [2.24, 2.45) is 0 Å². The van der Waals surface area contributed by atoms with E-state index >= 15 is 0 Å². The van der Waals surface area contributed by atoms with E-state index in [4.69, 9.17) is 0 Å². The Hall–Kier alpha value is -2.11. The summed E-state index contributed by atoms with van der Waals surface area (Å²) in [7, 11) is 0. The molecular formula is C13H18N4O2. The molecule has 19 heavy (non-hydrogen) atoms. The van der Waals surface area contributed by atoms with Crippen LogP contribution < -0.4 is 16.0 Å². The SMILES string of the molecule is CCNC(=O)c1cc(NCC2CCC(=O)N2)ccn1. The van der Waals surface area contributed by atoms with Gasteiger partial charge in [0.05, 0.1) is 0 Å². The zero-order valence-electron chi connectivity index (χ0n) is 10.9. The van der Waals surface area contributed by atoms with Crippen LogP contribution >= 0.6 is 0 Å². The average Bonchev–Trinajstić information content (AvgIpc) is 2.83. The van der Waals surface area contributed by atoms with Crippen LogP contribution in [0.15, 0.2) is 18.3 Å². The molecule has 1 aliphatic heterocycles. The van der Waals surface area contributed by atoms with Crippen molar-refractivity contribution < 1.29 is 9.59 Å². The van der Waals surface area contributed by atoms with Gasteiger partial charge in [-0.05, 0) is 25.5 Å². The molecule has 3 N–H and O–H groups in total. The van der Waals surface area contributed by atoms with Gasteiger partial charge >= 0.3 is 0 Å². The van der Waals surface area contributed by atoms with Gasteiger partial charge in [0.1, 0.15) is 5.69 Å². The molecule has 6 nitrogen and oxygen atoms in total. The van der Waals surface area contributed by atoms with E-state index in [0.717, 1.165) is 12.1 Å². The molecular weight excluding hydrogens is 244 g/mol. The van der Waals surface area contributed by atoms with Crippen molar-refractivity contribution in [3.05, 3.63) is 24.0 Å². The quantitative estimate of drug-likeness (QED) is 0.722. The molecule has 1 unspecified atom stereocenters. The highest BCUT2D eigenvalue weighted by atomic mass is 16.2. The Labute approximate surface area is 112 Å². The molecule has 1 fully saturated rings. The van der Waals surface area contributed by atoms with Gasteiger partial charge in [-0.2, -0.15) is 0 Å². The maximum atomic E-state index is 11.6. The van der Waals surface area contributed by atoms with Gasteiger partial charge < -0.3 is 16.0 Å². The molecule has 0 bridgehead atoms. The van der Waals surface area contributed by atoms with Gasteiger partial charge in [0.2, 0.25) is 5.91 Å². The molecule has 0 spiro atoms. The first-order valence-corrected chi connectivity index (χ1v) is 6.46. The summed E-state index contributed by atoms with van der Waals surface area (Å²) in [6, 6.07) is 3.68. The van der Waals surface area contributed by atoms with Gasteiger partial charge in [0.15, 0.2) is 0 Å². The lowest BCUT2D eigenvalue weighted by Gasteiger charge is -2.12. The standard InChI is InChI=1S/C13H18N4O2/c1-2-14-13(19)11-7-9(5-6-15-11)16-8-10-3-4-12(18)17-10/h5-7,10H,2-4,8H2,1H3,(H,14,19)(H,15,16)(H,17,18). The molecule has 0 radical (unpaired) electrons. The molecule has 0 aliphatic carbocycles. The summed E-state index contributed by atoms with van der Waals surface area (Å²) in [5.74, 6) is -0.0788. The van der Waals surface area contributed by atoms with Crippen molar-refractivity contribution in [3.63, 3.8) is 0 Å². The van der Waals surface area contributed by atoms with E-state index in [1.54, 1.807) is 18.3 Å². The zero-order chi connectivity index (χ0) is 13.7. The summed E-state index contributed by atoms with van der Waals surface area (Å²) in [4.78, 5) is 26.7. The van der Waals surface area contributed by atoms with Gasteiger partial charge in [-0.15, -0.1) is 0 Å². The number of amides is 2. The second-order valence-corrected chi connectivity index (χ2v) is 4.47. The summed E-state index contributed by atoms with van der Waals surface area (Å²) < 4.78 is 0. The highest BCUT2D eigenvalue weighted by Crippen LogP contribution is 2.11. The Balaban J connectivity index is 1.91. The van der Waals surface area contributed by atoms with Crippen molar-refractivity contribution in [1.82, 2.24) is 15.6 Å². The van der Waals surface area contributed by atoms with Crippen LogP contribution in [0.25, 0.3) is 0 Å². The summed E-state index contributed by atoms with van der Waals surface area (Å²) in [5.41, 5.74) is 1.22. The van der Waals surface area contributed by atoms with Crippen molar-refractivity contribution in [2.45, 2.75) is 25.8 Å². The van der Waals surface area contributed by atoms with E-state index in [1.807, 2.05) is 6.92 Å². The minimum atomic E-state index is -0.180. The maximum Gasteiger partial charge on any atom is 0.269 e. The van der Waals surface area contributed by atoms with Crippen LogP contribution in [0.5, 0.6) is 0 Å². The number of pyridine rings is 1. The summed E-state index contributed by atoms with van der Waals surface area (Å²) in [5, 5.41) is 8.80. The number of aromatic nitrogens is 1. The number of hydrogen-bond acceptors (Lipinski definition) is 4. The number of carbonyl (C=O) groups is 2. The molecule has 2 heterocycles. The summed E-state index contributed by atoms with van der Waals surface area (Å²) >= 11 is 0. The number of hydrogen-bond donors (Lipinski definition) is 3. The minimum absolute atomic E-state index is 0.101. The fourth-order valence-corrected chi connectivity index (χ4v) is 1.99. The van der Waals surface area contributed by atoms with Crippen LogP contribution in [-0.4, -0.2) is 35.9 Å². The lowest BCUT2D eigenvalue weighted by molar-refractivity contribution is -0.119. The van der Waals surface area contributed by atoms with Crippen molar-refractivity contribution in [2.75, 3.05) is 18.4 Å². The first-order chi connectivity index (χ1) is 9.19. The predicted octanol–water partition coefficient (Wildman–Crippen LogP) is 0.522. The number of anilines is 1. The molecule has 0 saturated carbocycles. The Morgan fingerprint density at radius 3 is 3.11 bits per heavy atom. The molecule has 0 aromatic carbocycles. The molecule has 2 amide bonds. The van der Waals surface area contributed by atoms with Crippen LogP contribution in [0.2, 0.25) is 0 Å². The van der Waals surface area contributed by atoms with Gasteiger partial charge in [0, 0.05) is 37.4 Å². The van der Waals surface area contributed by atoms with E-state index in [0.29, 0.717) is 25.2 Å². The zero-order valence-corrected chi connectivity index (χ0v) is 10.9. The normalized spacial score (nSPS) is 17.9. The molecule has 2 rings (SSSR count). The predicted molar refractivity (Wildman–Crippen MR) is 71.9 cm³/mol. The minimum Gasteiger partial charge on any atom is -0.383 e. The van der Waals surface area contributed by atoms with E-state index in [2.05, 4.69) is 20.9 Å². The van der Waals surface area contributed by atoms with E-state index < -0.39 is 0 Å². The highest BCUT2D eigenvalue weighted by molar-refractivity contribution is 5.93. The highest BCUT2D eigenvalue weighted by Gasteiger charge is 2.20. The fourth-order valence-electron chi connectivity index (χ4n) is 1.99. The molecule has 1 aromatic rings. The van der Waals surface area contributed by atoms with Crippen molar-refractivity contribution in [3.8, 4) is 0 Å². The second-order valence-electron chi connectivity index (χ2n) is 4.47. The van der Waals surface area contributed by atoms with Crippen LogP contribution in [0.1, 0.15) is 30.3 Å². The first-order valence-electron chi connectivity index (χ1n) is 6.46. The van der Waals surface area contributed by atoms with Crippen LogP contribution in [0.3, 0.4) is 0 Å². The Morgan fingerprint density at radius 1 is 1.58 bits per heavy atom. The van der Waals surface area contributed by atoms with Gasteiger partial charge in [0.25, 0.3) is 5.91 Å². The van der Waals surface area contributed by atoms with Crippen LogP contribution in [0, 0.1) is 0 Å². The fraction of sp³-hybridized carbons (Fsp3) is 0.462. The van der Waals surface area contributed by atoms with Gasteiger partial charge in [-0.1, -0.05) is 0 Å². The molecule has 102 valence electrons. The molecule has 1 atom stereocenters. The van der Waals surface area contributed by atoms with Crippen LogP contribution in [-0.2, 0) is 4.79 Å². The monoisotopic (exact) mass is 262 g/mol. The molecule has 1 aromatic heterocycles. The number of carbonyl (C=O) groups excluding carboxylic acids is 2. The van der Waals surface area contributed by atoms with Crippen molar-refractivity contribution >= 4 is 17.5 Å². The molecule has 1 saturated heterocycles. The molecule has 1 aliphatic rings. The summed E-state index contributed by atoms with van der Waals surface area (Å²) in [6.07, 6.45) is 3.03. The number of nitrogens with one attached hydrogen (secondary N) is 3. The lowest BCUT2D eigenvalue weighted by atomic mass is 10.2. The third-order valence-electron chi connectivity index (χ3n) is 2.97. The number of rotatable bonds is 5. The third kappa shape index (κ3) is 3.67. The van der Waals surface area contributed by atoms with E-state index in [-0.39, 0.29) is 17.9 Å². The second kappa shape index (κ2) is 6.17. The van der Waals surface area contributed by atoms with Crippen LogP contribution in [0.4, 0.5) is 5.69 Å². The van der Waals surface area contributed by atoms with Crippen molar-refractivity contribution in [1.29, 1.82) is 0 Å². The largest absolute Gasteiger partial charge is 0.383 e. The summed E-state index contributed by atoms with van der Waals surface area (Å²) in [6.45, 7) is 3.10. The Morgan fingerprint density at radius 2 is 2.42 bits per heavy atom. The first kappa shape index (κ1) is 13.3.